The van der Waals surface area contributed by atoms with Crippen LogP contribution in [0.15, 0.2) is 94.7 Å². The molecule has 6 rings (SSSR count). The Morgan fingerprint density at radius 2 is 1.18 bits per heavy atom. The molecule has 0 amide bonds. The Balaban J connectivity index is 1.25. The molecule has 2 unspecified atom stereocenters. The van der Waals surface area contributed by atoms with E-state index >= 15 is 0 Å². The normalized spacial score (nSPS) is 16.4. The van der Waals surface area contributed by atoms with E-state index in [4.69, 9.17) is 19.2 Å². The number of hydrogen-bond acceptors (Lipinski definition) is 13. The lowest BCUT2D eigenvalue weighted by Crippen LogP contribution is -2.21. The molecule has 50 heavy (non-hydrogen) atoms. The fourth-order valence-corrected chi connectivity index (χ4v) is 7.63. The van der Waals surface area contributed by atoms with Crippen molar-refractivity contribution in [3.05, 3.63) is 128 Å². The van der Waals surface area contributed by atoms with Gasteiger partial charge in [-0.05, 0) is 60.7 Å². The number of benzene rings is 4. The lowest BCUT2D eigenvalue weighted by atomic mass is 9.93. The van der Waals surface area contributed by atoms with Gasteiger partial charge in [-0.2, -0.15) is 16.8 Å². The van der Waals surface area contributed by atoms with Crippen LogP contribution in [-0.4, -0.2) is 56.5 Å². The van der Waals surface area contributed by atoms with Crippen molar-refractivity contribution in [2.24, 2.45) is 0 Å². The van der Waals surface area contributed by atoms with Gasteiger partial charge in [0.15, 0.2) is 17.3 Å². The number of Topliss-reactive ketones (excluding diaryl/α,β-unsaturated/α-hetero) is 2. The quantitative estimate of drug-likeness (QED) is 0.143. The third-order valence-corrected chi connectivity index (χ3v) is 10.3. The second-order valence-corrected chi connectivity index (χ2v) is 13.8. The number of carbonyl (C=O) groups is 3. The number of ketones is 3. The summed E-state index contributed by atoms with van der Waals surface area (Å²) >= 11 is 0. The van der Waals surface area contributed by atoms with Crippen molar-refractivity contribution < 1.29 is 49.8 Å². The lowest BCUT2D eigenvalue weighted by molar-refractivity contribution is 0.0979. The van der Waals surface area contributed by atoms with Gasteiger partial charge in [-0.25, -0.2) is 0 Å². The maximum Gasteiger partial charge on any atom is 0.394 e. The predicted molar refractivity (Wildman–Crippen MR) is 173 cm³/mol. The van der Waals surface area contributed by atoms with Crippen LogP contribution in [0.5, 0.6) is 23.0 Å². The van der Waals surface area contributed by atoms with E-state index in [0.29, 0.717) is 0 Å². The molecule has 248 valence electrons. The summed E-state index contributed by atoms with van der Waals surface area (Å²) in [5, 5.41) is 39.4. The van der Waals surface area contributed by atoms with Gasteiger partial charge in [0.2, 0.25) is 16.5 Å². The summed E-state index contributed by atoms with van der Waals surface area (Å²) in [6, 6.07) is 11.7. The summed E-state index contributed by atoms with van der Waals surface area (Å²) in [6.07, 6.45) is 4.96. The number of rotatable bonds is 8. The number of nitrogens with zero attached hydrogens (tertiary/aromatic N) is 4. The first-order valence-electron chi connectivity index (χ1n) is 14.3. The summed E-state index contributed by atoms with van der Waals surface area (Å²) < 4.78 is 63.3. The second kappa shape index (κ2) is 12.4. The Morgan fingerprint density at radius 3 is 1.68 bits per heavy atom. The first-order valence-corrected chi connectivity index (χ1v) is 17.1. The molecule has 4 aromatic carbocycles. The molecule has 2 aliphatic carbocycles. The van der Waals surface area contributed by atoms with Crippen LogP contribution in [0.2, 0.25) is 0 Å². The molecule has 0 radical (unpaired) electrons. The van der Waals surface area contributed by atoms with Gasteiger partial charge in [-0.3, -0.25) is 14.4 Å². The van der Waals surface area contributed by atoms with Gasteiger partial charge in [0.25, 0.3) is 11.6 Å². The molecule has 0 fully saturated rings. The van der Waals surface area contributed by atoms with Crippen molar-refractivity contribution >= 4 is 49.7 Å². The van der Waals surface area contributed by atoms with Crippen LogP contribution in [0.4, 0.5) is 0 Å². The van der Waals surface area contributed by atoms with Crippen LogP contribution < -0.4 is 8.37 Å². The molecule has 4 aromatic rings. The van der Waals surface area contributed by atoms with Crippen LogP contribution in [-0.2, 0) is 20.2 Å². The SMILES string of the molecule is N#[N+]C1C=Cc2c(cccc2S(=O)(=O)Oc2ccc(C(=O)c3ccc(O)c(OS(=O)(=O)c4cccc5c4C=CC([N+]#N)C5=O)c3O)cc2)C1=O. The molecule has 0 spiro atoms. The largest absolute Gasteiger partial charge is 0.504 e. The maximum atomic E-state index is 13.4. The average Bonchev–Trinajstić information content (AvgIpc) is 3.10. The summed E-state index contributed by atoms with van der Waals surface area (Å²) in [4.78, 5) is 43.5. The molecule has 0 aromatic heterocycles. The first kappa shape index (κ1) is 33.2. The minimum absolute atomic E-state index is 0.00774. The van der Waals surface area contributed by atoms with Gasteiger partial charge < -0.3 is 18.6 Å². The fraction of sp³-hybridized carbons (Fsp3) is 0.0606. The van der Waals surface area contributed by atoms with Crippen molar-refractivity contribution in [2.45, 2.75) is 21.9 Å². The zero-order chi connectivity index (χ0) is 36.0. The van der Waals surface area contributed by atoms with E-state index in [1.807, 2.05) is 0 Å². The number of phenolic OH excluding ortho intramolecular Hbond substituents is 2. The number of aromatic hydroxyl groups is 2. The van der Waals surface area contributed by atoms with Crippen LogP contribution in [0.25, 0.3) is 22.1 Å². The molecule has 2 aliphatic rings. The highest BCUT2D eigenvalue weighted by atomic mass is 32.2. The Bertz CT molecular complexity index is 2530. The summed E-state index contributed by atoms with van der Waals surface area (Å²) in [6.45, 7) is 0. The molecule has 0 bridgehead atoms. The number of hydrogen-bond donors (Lipinski definition) is 2. The van der Waals surface area contributed by atoms with Crippen LogP contribution in [0.3, 0.4) is 0 Å². The highest BCUT2D eigenvalue weighted by Gasteiger charge is 2.38. The summed E-state index contributed by atoms with van der Waals surface area (Å²) in [5.74, 6) is -5.26. The van der Waals surface area contributed by atoms with Crippen LogP contribution >= 0.6 is 0 Å². The molecule has 2 atom stereocenters. The van der Waals surface area contributed by atoms with Crippen LogP contribution in [0.1, 0.15) is 47.8 Å². The molecule has 2 N–H and O–H groups in total. The van der Waals surface area contributed by atoms with Crippen molar-refractivity contribution in [1.82, 2.24) is 0 Å². The molecular formula is C33H20N4O11S2+2. The topological polar surface area (TPSA) is 235 Å². The van der Waals surface area contributed by atoms with Crippen molar-refractivity contribution in [2.75, 3.05) is 0 Å². The van der Waals surface area contributed by atoms with E-state index < -0.39 is 77.4 Å². The average molecular weight is 713 g/mol. The van der Waals surface area contributed by atoms with E-state index in [2.05, 4.69) is 9.95 Å². The molecule has 0 saturated heterocycles. The highest BCUT2D eigenvalue weighted by Crippen LogP contribution is 2.42. The third kappa shape index (κ3) is 5.72. The monoisotopic (exact) mass is 712 g/mol. The van der Waals surface area contributed by atoms with Gasteiger partial charge >= 0.3 is 32.3 Å². The zero-order valence-electron chi connectivity index (χ0n) is 25.1. The standard InChI is InChI=1S/C33H18N4O11S2/c34-36-24-14-11-19-21(30(24)40)3-1-5-27(19)49(43,44)47-18-9-7-17(8-10-18)29(39)23-13-16-26(38)33(32(23)42)48-50(45,46)28-6-2-4-22-20(28)12-15-25(37-35)31(22)41/h1-16,24-25H/p+2. The lowest BCUT2D eigenvalue weighted by Gasteiger charge is -2.16. The fourth-order valence-electron chi connectivity index (χ4n) is 5.32. The van der Waals surface area contributed by atoms with Gasteiger partial charge in [0.05, 0.1) is 5.56 Å². The molecule has 15 nitrogen and oxygen atoms in total. The molecule has 0 heterocycles. The van der Waals surface area contributed by atoms with E-state index in [-0.39, 0.29) is 38.5 Å². The van der Waals surface area contributed by atoms with Gasteiger partial charge in [0.1, 0.15) is 25.5 Å². The minimum atomic E-state index is -4.85. The van der Waals surface area contributed by atoms with E-state index in [1.54, 1.807) is 0 Å². The maximum absolute atomic E-state index is 13.4. The zero-order valence-corrected chi connectivity index (χ0v) is 26.7. The Kier molecular flexibility index (Phi) is 8.24. The van der Waals surface area contributed by atoms with Gasteiger partial charge in [-0.15, -0.1) is 0 Å². The summed E-state index contributed by atoms with van der Waals surface area (Å²) in [5.41, 5.74) is -0.731. The molecular weight excluding hydrogens is 693 g/mol. The third-order valence-electron chi connectivity index (χ3n) is 7.75. The summed E-state index contributed by atoms with van der Waals surface area (Å²) in [7, 11) is -9.37. The number of fused-ring (bicyclic) bond motifs is 2. The van der Waals surface area contributed by atoms with Gasteiger partial charge in [0, 0.05) is 40.0 Å². The van der Waals surface area contributed by atoms with Crippen molar-refractivity contribution in [3.8, 4) is 23.0 Å². The minimum Gasteiger partial charge on any atom is -0.504 e. The number of phenols is 2. The van der Waals surface area contributed by atoms with Crippen molar-refractivity contribution in [3.63, 3.8) is 0 Å². The smallest absolute Gasteiger partial charge is 0.394 e. The Labute approximate surface area is 282 Å². The van der Waals surface area contributed by atoms with Gasteiger partial charge in [-0.1, -0.05) is 24.3 Å². The second-order valence-electron chi connectivity index (χ2n) is 10.7. The number of diazo groups is 2. The number of carbonyl (C=O) groups excluding carboxylic acids is 3. The highest BCUT2D eigenvalue weighted by molar-refractivity contribution is 7.87. The molecule has 0 aliphatic heterocycles. The Morgan fingerprint density at radius 1 is 0.680 bits per heavy atom. The first-order chi connectivity index (χ1) is 23.8. The predicted octanol–water partition coefficient (Wildman–Crippen LogP) is 4.73. The van der Waals surface area contributed by atoms with E-state index in [0.717, 1.165) is 30.3 Å². The Hall–Kier alpha value is -6.69. The van der Waals surface area contributed by atoms with Crippen molar-refractivity contribution in [1.29, 1.82) is 10.8 Å². The van der Waals surface area contributed by atoms with Crippen LogP contribution in [0, 0.1) is 10.8 Å². The van der Waals surface area contributed by atoms with E-state index in [1.165, 1.54) is 66.8 Å². The molecule has 17 heteroatoms. The molecule has 0 saturated carbocycles. The van der Waals surface area contributed by atoms with E-state index in [9.17, 15) is 41.4 Å².